The molecule has 0 amide bonds. The first-order chi connectivity index (χ1) is 7.52. The van der Waals surface area contributed by atoms with E-state index in [0.29, 0.717) is 6.07 Å². The Kier molecular flexibility index (Phi) is 4.16. The average molecular weight is 232 g/mol. The van der Waals surface area contributed by atoms with Gasteiger partial charge < -0.3 is 9.15 Å². The molecule has 0 saturated carbocycles. The highest BCUT2D eigenvalue weighted by Crippen LogP contribution is 2.18. The molecule has 0 spiro atoms. The molecular weight excluding hydrogens is 222 g/mol. The number of hydrogen-bond acceptors (Lipinski definition) is 4. The first-order valence-corrected chi connectivity index (χ1v) is 4.60. The largest absolute Gasteiger partial charge is 0.466 e. The van der Waals surface area contributed by atoms with E-state index in [1.54, 1.807) is 6.92 Å². The fourth-order valence-electron chi connectivity index (χ4n) is 1.10. The van der Waals surface area contributed by atoms with Crippen molar-refractivity contribution >= 4 is 5.97 Å². The second-order valence-corrected chi connectivity index (χ2v) is 2.94. The van der Waals surface area contributed by atoms with Gasteiger partial charge in [0.1, 0.15) is 12.2 Å². The van der Waals surface area contributed by atoms with Gasteiger partial charge in [-0.05, 0) is 6.92 Å². The van der Waals surface area contributed by atoms with Crippen molar-refractivity contribution in [3.8, 4) is 0 Å². The first-order valence-electron chi connectivity index (χ1n) is 4.60. The summed E-state index contributed by atoms with van der Waals surface area (Å²) in [6, 6.07) is 1.68. The van der Waals surface area contributed by atoms with Gasteiger partial charge in [0.2, 0.25) is 0 Å². The van der Waals surface area contributed by atoms with Crippen LogP contribution in [0.1, 0.15) is 24.9 Å². The number of hydrogen-bond donors (Lipinski definition) is 0. The molecule has 0 atom stereocenters. The minimum Gasteiger partial charge on any atom is -0.466 e. The van der Waals surface area contributed by atoms with E-state index in [1.165, 1.54) is 0 Å². The van der Waals surface area contributed by atoms with Crippen LogP contribution in [0.3, 0.4) is 0 Å². The molecule has 4 nitrogen and oxygen atoms in total. The van der Waals surface area contributed by atoms with Crippen LogP contribution in [0.4, 0.5) is 8.78 Å². The highest BCUT2D eigenvalue weighted by molar-refractivity contribution is 5.71. The average Bonchev–Trinajstić information content (AvgIpc) is 2.16. The van der Waals surface area contributed by atoms with Gasteiger partial charge in [0.05, 0.1) is 6.61 Å². The van der Waals surface area contributed by atoms with Gasteiger partial charge in [0, 0.05) is 12.1 Å². The molecule has 0 aliphatic heterocycles. The van der Waals surface area contributed by atoms with Gasteiger partial charge in [0.25, 0.3) is 6.43 Å². The molecule has 0 bridgehead atoms. The number of rotatable bonds is 4. The van der Waals surface area contributed by atoms with Gasteiger partial charge in [0.15, 0.2) is 11.2 Å². The summed E-state index contributed by atoms with van der Waals surface area (Å²) in [6.45, 7) is 1.79. The fourth-order valence-corrected chi connectivity index (χ4v) is 1.10. The Morgan fingerprint density at radius 2 is 2.19 bits per heavy atom. The minimum absolute atomic E-state index is 0.124. The summed E-state index contributed by atoms with van der Waals surface area (Å²) < 4.78 is 33.8. The molecule has 0 unspecified atom stereocenters. The number of ether oxygens (including phenoxy) is 1. The van der Waals surface area contributed by atoms with Gasteiger partial charge >= 0.3 is 5.97 Å². The third-order valence-corrected chi connectivity index (χ3v) is 1.68. The van der Waals surface area contributed by atoms with Crippen molar-refractivity contribution in [2.75, 3.05) is 6.61 Å². The van der Waals surface area contributed by atoms with Crippen molar-refractivity contribution in [1.82, 2.24) is 0 Å². The smallest absolute Gasteiger partial charge is 0.313 e. The Labute approximate surface area is 89.8 Å². The maximum Gasteiger partial charge on any atom is 0.313 e. The number of alkyl halides is 2. The van der Waals surface area contributed by atoms with E-state index in [4.69, 9.17) is 0 Å². The maximum atomic E-state index is 12.3. The quantitative estimate of drug-likeness (QED) is 0.741. The number of esters is 1. The van der Waals surface area contributed by atoms with E-state index in [1.807, 2.05) is 0 Å². The Morgan fingerprint density at radius 1 is 1.50 bits per heavy atom. The topological polar surface area (TPSA) is 56.5 Å². The molecule has 1 aromatic rings. The normalized spacial score (nSPS) is 10.5. The molecule has 0 aromatic carbocycles. The predicted molar refractivity (Wildman–Crippen MR) is 50.3 cm³/mol. The zero-order valence-electron chi connectivity index (χ0n) is 8.54. The molecule has 1 rings (SSSR count). The minimum atomic E-state index is -2.88. The molecule has 0 fully saturated rings. The monoisotopic (exact) mass is 232 g/mol. The second kappa shape index (κ2) is 5.39. The zero-order valence-corrected chi connectivity index (χ0v) is 8.54. The summed E-state index contributed by atoms with van der Waals surface area (Å²) in [5.41, 5.74) is -0.624. The van der Waals surface area contributed by atoms with Crippen LogP contribution >= 0.6 is 0 Å². The van der Waals surface area contributed by atoms with Crippen LogP contribution in [0, 0.1) is 0 Å². The van der Waals surface area contributed by atoms with E-state index in [2.05, 4.69) is 9.15 Å². The number of carbonyl (C=O) groups excluding carboxylic acids is 1. The number of carbonyl (C=O) groups is 1. The van der Waals surface area contributed by atoms with E-state index >= 15 is 0 Å². The summed E-state index contributed by atoms with van der Waals surface area (Å²) in [5.74, 6) is -1.50. The lowest BCUT2D eigenvalue weighted by Gasteiger charge is -2.03. The molecule has 0 saturated heterocycles. The van der Waals surface area contributed by atoms with Crippen LogP contribution < -0.4 is 5.43 Å². The van der Waals surface area contributed by atoms with Gasteiger partial charge in [-0.25, -0.2) is 8.78 Å². The third kappa shape index (κ3) is 3.45. The summed E-state index contributed by atoms with van der Waals surface area (Å²) in [6.07, 6.45) is -3.21. The molecule has 0 aliphatic carbocycles. The Morgan fingerprint density at radius 3 is 2.75 bits per heavy atom. The van der Waals surface area contributed by atoms with Crippen molar-refractivity contribution in [2.24, 2.45) is 0 Å². The molecule has 1 aromatic heterocycles. The third-order valence-electron chi connectivity index (χ3n) is 1.68. The van der Waals surface area contributed by atoms with E-state index < -0.39 is 23.6 Å². The SMILES string of the molecule is CCOC(=O)Cc1cc(=O)cc(C(F)F)o1. The van der Waals surface area contributed by atoms with Crippen LogP contribution in [0.5, 0.6) is 0 Å². The van der Waals surface area contributed by atoms with Gasteiger partial charge in [-0.15, -0.1) is 0 Å². The summed E-state index contributed by atoms with van der Waals surface area (Å²) in [4.78, 5) is 22.0. The maximum absolute atomic E-state index is 12.3. The predicted octanol–water partition coefficient (Wildman–Crippen LogP) is 1.68. The highest BCUT2D eigenvalue weighted by Gasteiger charge is 2.14. The Hall–Kier alpha value is -1.72. The van der Waals surface area contributed by atoms with Gasteiger partial charge in [-0.1, -0.05) is 0 Å². The van der Waals surface area contributed by atoms with E-state index in [-0.39, 0.29) is 18.8 Å². The Balaban J connectivity index is 2.88. The zero-order chi connectivity index (χ0) is 12.1. The van der Waals surface area contributed by atoms with E-state index in [0.717, 1.165) is 6.07 Å². The van der Waals surface area contributed by atoms with Crippen LogP contribution in [0.2, 0.25) is 0 Å². The molecule has 16 heavy (non-hydrogen) atoms. The molecule has 88 valence electrons. The standard InChI is InChI=1S/C10H10F2O4/c1-2-15-9(14)5-7-3-6(13)4-8(16-7)10(11)12/h3-4,10H,2,5H2,1H3. The lowest BCUT2D eigenvalue weighted by Crippen LogP contribution is -2.10. The molecular formula is C10H10F2O4. The first kappa shape index (κ1) is 12.4. The van der Waals surface area contributed by atoms with Crippen molar-refractivity contribution in [1.29, 1.82) is 0 Å². The van der Waals surface area contributed by atoms with Gasteiger partial charge in [-0.2, -0.15) is 0 Å². The lowest BCUT2D eigenvalue weighted by atomic mass is 10.3. The molecule has 6 heteroatoms. The van der Waals surface area contributed by atoms with Crippen LogP contribution in [-0.2, 0) is 16.0 Å². The van der Waals surface area contributed by atoms with Crippen LogP contribution in [0.15, 0.2) is 21.3 Å². The molecule has 1 heterocycles. The molecule has 0 radical (unpaired) electrons. The number of halogens is 2. The van der Waals surface area contributed by atoms with E-state index in [9.17, 15) is 18.4 Å². The highest BCUT2D eigenvalue weighted by atomic mass is 19.3. The van der Waals surface area contributed by atoms with Gasteiger partial charge in [-0.3, -0.25) is 9.59 Å². The summed E-state index contributed by atoms with van der Waals surface area (Å²) in [5, 5.41) is 0. The molecule has 0 aliphatic rings. The van der Waals surface area contributed by atoms with Crippen molar-refractivity contribution in [3.63, 3.8) is 0 Å². The summed E-state index contributed by atoms with van der Waals surface area (Å²) in [7, 11) is 0. The van der Waals surface area contributed by atoms with Crippen molar-refractivity contribution in [3.05, 3.63) is 33.9 Å². The van der Waals surface area contributed by atoms with Crippen molar-refractivity contribution < 1.29 is 22.7 Å². The second-order valence-electron chi connectivity index (χ2n) is 2.94. The van der Waals surface area contributed by atoms with Crippen LogP contribution in [0.25, 0.3) is 0 Å². The Bertz CT molecular complexity index is 425. The lowest BCUT2D eigenvalue weighted by molar-refractivity contribution is -0.142. The fraction of sp³-hybridized carbons (Fsp3) is 0.400. The van der Waals surface area contributed by atoms with Crippen molar-refractivity contribution in [2.45, 2.75) is 19.8 Å². The summed E-state index contributed by atoms with van der Waals surface area (Å²) >= 11 is 0. The molecule has 0 N–H and O–H groups in total. The van der Waals surface area contributed by atoms with Crippen LogP contribution in [-0.4, -0.2) is 12.6 Å².